The third-order valence-corrected chi connectivity index (χ3v) is 3.66. The minimum atomic E-state index is -0.376. The minimum absolute atomic E-state index is 0.280. The quantitative estimate of drug-likeness (QED) is 0.672. The highest BCUT2D eigenvalue weighted by Gasteiger charge is 2.13. The number of imidazole rings is 1. The summed E-state index contributed by atoms with van der Waals surface area (Å²) in [6.45, 7) is 4.00. The number of carbonyl (C=O) groups is 1. The molecule has 0 aliphatic heterocycles. The fraction of sp³-hybridized carbons (Fsp3) is 0.200. The van der Waals surface area contributed by atoms with Gasteiger partial charge in [-0.1, -0.05) is 25.2 Å². The number of esters is 1. The van der Waals surface area contributed by atoms with Crippen molar-refractivity contribution < 1.29 is 13.9 Å². The maximum atomic E-state index is 12.9. The molecule has 3 rings (SSSR count). The number of methoxy groups -OCH3 is 1. The Morgan fingerprint density at radius 3 is 2.48 bits per heavy atom. The number of rotatable bonds is 2. The molecule has 0 saturated carbocycles. The molecule has 2 aromatic heterocycles. The topological polar surface area (TPSA) is 43.6 Å². The maximum absolute atomic E-state index is 12.9. The van der Waals surface area contributed by atoms with Crippen LogP contribution in [-0.2, 0) is 4.74 Å². The molecule has 0 atom stereocenters. The molecule has 0 bridgehead atoms. The molecule has 21 heavy (non-hydrogen) atoms. The van der Waals surface area contributed by atoms with Crippen molar-refractivity contribution in [3.05, 3.63) is 47.4 Å². The van der Waals surface area contributed by atoms with Crippen LogP contribution in [0.15, 0.2) is 36.7 Å². The van der Waals surface area contributed by atoms with Crippen LogP contribution in [0.4, 0.5) is 4.39 Å². The van der Waals surface area contributed by atoms with Crippen molar-refractivity contribution in [3.8, 4) is 11.3 Å². The Bertz CT molecular complexity index is 715. The van der Waals surface area contributed by atoms with Gasteiger partial charge in [0.15, 0.2) is 4.96 Å². The number of ether oxygens (including phenoxy) is 1. The largest absolute Gasteiger partial charge is 0.465 e. The zero-order valence-corrected chi connectivity index (χ0v) is 12.8. The lowest BCUT2D eigenvalue weighted by atomic mass is 10.2. The van der Waals surface area contributed by atoms with E-state index in [2.05, 4.69) is 9.72 Å². The molecule has 3 aromatic rings. The molecule has 6 heteroatoms. The summed E-state index contributed by atoms with van der Waals surface area (Å²) in [4.78, 5) is 17.0. The first kappa shape index (κ1) is 15.2. The van der Waals surface area contributed by atoms with E-state index in [0.717, 1.165) is 11.3 Å². The van der Waals surface area contributed by atoms with Crippen LogP contribution < -0.4 is 0 Å². The van der Waals surface area contributed by atoms with Crippen molar-refractivity contribution in [2.24, 2.45) is 0 Å². The normalized spacial score (nSPS) is 10.1. The molecule has 4 nitrogen and oxygen atoms in total. The van der Waals surface area contributed by atoms with Crippen LogP contribution in [0.5, 0.6) is 0 Å². The molecule has 0 aliphatic carbocycles. The van der Waals surface area contributed by atoms with Crippen LogP contribution >= 0.6 is 11.3 Å². The highest BCUT2D eigenvalue weighted by Crippen LogP contribution is 2.24. The van der Waals surface area contributed by atoms with Crippen LogP contribution in [0.3, 0.4) is 0 Å². The average molecular weight is 306 g/mol. The molecular weight excluding hydrogens is 291 g/mol. The molecule has 0 spiro atoms. The number of halogens is 1. The molecular formula is C15H15FN2O2S. The predicted octanol–water partition coefficient (Wildman–Crippen LogP) is 4.01. The van der Waals surface area contributed by atoms with E-state index in [1.54, 1.807) is 28.9 Å². The van der Waals surface area contributed by atoms with Gasteiger partial charge in [-0.2, -0.15) is 0 Å². The molecule has 2 heterocycles. The number of benzene rings is 1. The van der Waals surface area contributed by atoms with Gasteiger partial charge in [-0.25, -0.2) is 14.2 Å². The smallest absolute Gasteiger partial charge is 0.349 e. The van der Waals surface area contributed by atoms with Crippen LogP contribution in [0.1, 0.15) is 23.5 Å². The van der Waals surface area contributed by atoms with E-state index < -0.39 is 0 Å². The monoisotopic (exact) mass is 306 g/mol. The van der Waals surface area contributed by atoms with Gasteiger partial charge in [0.05, 0.1) is 12.8 Å². The summed E-state index contributed by atoms with van der Waals surface area (Å²) in [6.07, 6.45) is 3.47. The number of hydrogen-bond acceptors (Lipinski definition) is 4. The predicted molar refractivity (Wildman–Crippen MR) is 81.2 cm³/mol. The lowest BCUT2D eigenvalue weighted by Crippen LogP contribution is -1.97. The zero-order chi connectivity index (χ0) is 15.4. The third-order valence-electron chi connectivity index (χ3n) is 2.68. The van der Waals surface area contributed by atoms with Crippen LogP contribution in [0.25, 0.3) is 16.2 Å². The van der Waals surface area contributed by atoms with Crippen molar-refractivity contribution in [1.29, 1.82) is 0 Å². The van der Waals surface area contributed by atoms with Crippen molar-refractivity contribution in [2.75, 3.05) is 7.11 Å². The maximum Gasteiger partial charge on any atom is 0.349 e. The first-order chi connectivity index (χ1) is 10.2. The molecule has 0 saturated heterocycles. The van der Waals surface area contributed by atoms with Gasteiger partial charge in [-0.05, 0) is 24.3 Å². The van der Waals surface area contributed by atoms with E-state index in [9.17, 15) is 9.18 Å². The standard InChI is InChI=1S/C13H9FN2O2S.C2H6/c1-18-12(17)11-7-16-6-10(15-13(16)19-11)8-2-4-9(14)5-3-8;1-2/h2-7H,1H3;1-2H3. The zero-order valence-electron chi connectivity index (χ0n) is 12.0. The summed E-state index contributed by atoms with van der Waals surface area (Å²) in [6, 6.07) is 6.12. The molecule has 0 fully saturated rings. The van der Waals surface area contributed by atoms with Gasteiger partial charge in [0.2, 0.25) is 0 Å². The molecule has 110 valence electrons. The van der Waals surface area contributed by atoms with E-state index in [1.165, 1.54) is 30.6 Å². The van der Waals surface area contributed by atoms with Crippen molar-refractivity contribution in [1.82, 2.24) is 9.38 Å². The van der Waals surface area contributed by atoms with Crippen molar-refractivity contribution in [3.63, 3.8) is 0 Å². The second-order valence-electron chi connectivity index (χ2n) is 3.91. The summed E-state index contributed by atoms with van der Waals surface area (Å²) >= 11 is 1.25. The van der Waals surface area contributed by atoms with E-state index in [-0.39, 0.29) is 11.8 Å². The molecule has 0 unspecified atom stereocenters. The average Bonchev–Trinajstić information content (AvgIpc) is 3.08. The molecule has 0 N–H and O–H groups in total. The Morgan fingerprint density at radius 2 is 1.90 bits per heavy atom. The van der Waals surface area contributed by atoms with Crippen LogP contribution in [0.2, 0.25) is 0 Å². The van der Waals surface area contributed by atoms with Gasteiger partial charge in [0.1, 0.15) is 10.7 Å². The fourth-order valence-electron chi connectivity index (χ4n) is 1.75. The first-order valence-corrected chi connectivity index (χ1v) is 7.32. The number of carbonyl (C=O) groups excluding carboxylic acids is 1. The van der Waals surface area contributed by atoms with Gasteiger partial charge in [0.25, 0.3) is 0 Å². The van der Waals surface area contributed by atoms with E-state index in [4.69, 9.17) is 0 Å². The van der Waals surface area contributed by atoms with Gasteiger partial charge < -0.3 is 4.74 Å². The lowest BCUT2D eigenvalue weighted by Gasteiger charge is -1.95. The number of thiazole rings is 1. The van der Waals surface area contributed by atoms with E-state index >= 15 is 0 Å². The van der Waals surface area contributed by atoms with E-state index in [0.29, 0.717) is 9.84 Å². The van der Waals surface area contributed by atoms with Crippen LogP contribution in [0, 0.1) is 5.82 Å². The number of hydrogen-bond donors (Lipinski definition) is 0. The number of aromatic nitrogens is 2. The van der Waals surface area contributed by atoms with E-state index in [1.807, 2.05) is 13.8 Å². The Hall–Kier alpha value is -2.21. The summed E-state index contributed by atoms with van der Waals surface area (Å²) in [5.74, 6) is -0.656. The Balaban J connectivity index is 0.000000774. The fourth-order valence-corrected chi connectivity index (χ4v) is 2.63. The second kappa shape index (κ2) is 6.49. The first-order valence-electron chi connectivity index (χ1n) is 6.50. The molecule has 0 amide bonds. The summed E-state index contributed by atoms with van der Waals surface area (Å²) in [7, 11) is 1.34. The van der Waals surface area contributed by atoms with Gasteiger partial charge in [-0.3, -0.25) is 4.40 Å². The highest BCUT2D eigenvalue weighted by molar-refractivity contribution is 7.18. The SMILES string of the molecule is CC.COC(=O)c1cn2cc(-c3ccc(F)cc3)nc2s1. The molecule has 1 aromatic carbocycles. The Labute approximate surface area is 125 Å². The van der Waals surface area contributed by atoms with Gasteiger partial charge >= 0.3 is 5.97 Å². The summed E-state index contributed by atoms with van der Waals surface area (Å²) < 4.78 is 19.3. The second-order valence-corrected chi connectivity index (χ2v) is 4.92. The Kier molecular flexibility index (Phi) is 4.70. The molecule has 0 aliphatic rings. The lowest BCUT2D eigenvalue weighted by molar-refractivity contribution is 0.0606. The highest BCUT2D eigenvalue weighted by atomic mass is 32.1. The summed E-state index contributed by atoms with van der Waals surface area (Å²) in [5, 5.41) is 0. The minimum Gasteiger partial charge on any atom is -0.465 e. The number of nitrogens with zero attached hydrogens (tertiary/aromatic N) is 2. The van der Waals surface area contributed by atoms with Crippen LogP contribution in [-0.4, -0.2) is 22.5 Å². The Morgan fingerprint density at radius 1 is 1.24 bits per heavy atom. The molecule has 0 radical (unpaired) electrons. The summed E-state index contributed by atoms with van der Waals surface area (Å²) in [5.41, 5.74) is 1.57. The van der Waals surface area contributed by atoms with Gasteiger partial charge in [0, 0.05) is 18.0 Å². The van der Waals surface area contributed by atoms with Crippen molar-refractivity contribution >= 4 is 22.3 Å². The number of fused-ring (bicyclic) bond motifs is 1. The van der Waals surface area contributed by atoms with Crippen molar-refractivity contribution in [2.45, 2.75) is 13.8 Å². The van der Waals surface area contributed by atoms with Gasteiger partial charge in [-0.15, -0.1) is 0 Å². The third kappa shape index (κ3) is 3.11.